The largest absolute Gasteiger partial charge is 0.316 e. The first kappa shape index (κ1) is 20.1. The van der Waals surface area contributed by atoms with Crippen molar-refractivity contribution < 1.29 is 13.3 Å². The van der Waals surface area contributed by atoms with E-state index in [2.05, 4.69) is 10.0 Å². The third-order valence-electron chi connectivity index (χ3n) is 3.78. The fraction of sp³-hybridized carbons (Fsp3) is 0.538. The molecule has 0 saturated carbocycles. The van der Waals surface area contributed by atoms with E-state index in [-0.39, 0.29) is 34.3 Å². The van der Waals surface area contributed by atoms with Gasteiger partial charge < -0.3 is 5.32 Å². The molecule has 0 aliphatic carbocycles. The van der Waals surface area contributed by atoms with E-state index in [0.29, 0.717) is 6.54 Å². The molecule has 1 aliphatic rings. The highest BCUT2D eigenvalue weighted by molar-refractivity contribution is 7.89. The van der Waals surface area contributed by atoms with Crippen LogP contribution >= 0.6 is 24.0 Å². The Bertz CT molecular complexity index is 676. The predicted molar refractivity (Wildman–Crippen MR) is 90.8 cm³/mol. The number of sulfonamides is 1. The monoisotopic (exact) mass is 383 g/mol. The van der Waals surface area contributed by atoms with Crippen LogP contribution in [0.25, 0.3) is 0 Å². The maximum absolute atomic E-state index is 12.4. The molecule has 2 rings (SSSR count). The predicted octanol–water partition coefficient (Wildman–Crippen LogP) is 2.34. The number of halogens is 2. The molecule has 1 atom stereocenters. The molecule has 1 fully saturated rings. The van der Waals surface area contributed by atoms with Gasteiger partial charge in [-0.05, 0) is 36.9 Å². The van der Waals surface area contributed by atoms with Crippen LogP contribution in [0, 0.1) is 15.5 Å². The second-order valence-electron chi connectivity index (χ2n) is 5.78. The number of nitro benzene ring substituents is 1. The number of piperidine rings is 1. The summed E-state index contributed by atoms with van der Waals surface area (Å²) >= 11 is 5.70. The van der Waals surface area contributed by atoms with Crippen molar-refractivity contribution in [3.8, 4) is 0 Å². The van der Waals surface area contributed by atoms with Crippen LogP contribution in [0.1, 0.15) is 19.8 Å². The first-order valence-electron chi connectivity index (χ1n) is 6.88. The highest BCUT2D eigenvalue weighted by atomic mass is 35.5. The highest BCUT2D eigenvalue weighted by Gasteiger charge is 2.31. The van der Waals surface area contributed by atoms with E-state index in [1.165, 1.54) is 6.07 Å². The van der Waals surface area contributed by atoms with Crippen LogP contribution in [-0.4, -0.2) is 33.0 Å². The van der Waals surface area contributed by atoms with Gasteiger partial charge in [-0.3, -0.25) is 10.1 Å². The first-order chi connectivity index (χ1) is 10.2. The van der Waals surface area contributed by atoms with Gasteiger partial charge in [0.05, 0.1) is 4.92 Å². The molecular weight excluding hydrogens is 365 g/mol. The average molecular weight is 384 g/mol. The van der Waals surface area contributed by atoms with Crippen molar-refractivity contribution >= 4 is 39.7 Å². The molecule has 23 heavy (non-hydrogen) atoms. The molecule has 0 spiro atoms. The molecule has 1 saturated heterocycles. The molecule has 1 aromatic rings. The van der Waals surface area contributed by atoms with Gasteiger partial charge in [0.1, 0.15) is 0 Å². The fourth-order valence-electron chi connectivity index (χ4n) is 2.48. The lowest BCUT2D eigenvalue weighted by atomic mass is 9.83. The molecule has 2 N–H and O–H groups in total. The number of hydrogen-bond donors (Lipinski definition) is 2. The van der Waals surface area contributed by atoms with E-state index in [1.807, 2.05) is 6.92 Å². The standard InChI is InChI=1S/C13H18ClN3O4S.ClH/c1-13(5-2-6-15-8-13)9-16-22(20,21)12-4-3-10(14)7-11(12)17(18)19;/h3-4,7,15-16H,2,5-6,8-9H2,1H3;1H. The van der Waals surface area contributed by atoms with E-state index in [0.717, 1.165) is 31.5 Å². The van der Waals surface area contributed by atoms with E-state index >= 15 is 0 Å². The Balaban J connectivity index is 0.00000264. The molecule has 1 unspecified atom stereocenters. The number of nitrogens with zero attached hydrogens (tertiary/aromatic N) is 1. The van der Waals surface area contributed by atoms with Crippen LogP contribution < -0.4 is 10.0 Å². The second-order valence-corrected chi connectivity index (χ2v) is 7.96. The second kappa shape index (κ2) is 7.76. The number of rotatable bonds is 5. The number of nitrogens with one attached hydrogen (secondary N) is 2. The van der Waals surface area contributed by atoms with Crippen LogP contribution in [0.2, 0.25) is 5.02 Å². The zero-order valence-electron chi connectivity index (χ0n) is 12.5. The average Bonchev–Trinajstić information content (AvgIpc) is 2.46. The van der Waals surface area contributed by atoms with Gasteiger partial charge >= 0.3 is 0 Å². The summed E-state index contributed by atoms with van der Waals surface area (Å²) in [5, 5.41) is 14.4. The Morgan fingerprint density at radius 1 is 1.48 bits per heavy atom. The Labute approximate surface area is 146 Å². The van der Waals surface area contributed by atoms with Crippen LogP contribution in [-0.2, 0) is 10.0 Å². The number of benzene rings is 1. The zero-order valence-corrected chi connectivity index (χ0v) is 14.9. The quantitative estimate of drug-likeness (QED) is 0.599. The van der Waals surface area contributed by atoms with E-state index in [4.69, 9.17) is 11.6 Å². The van der Waals surface area contributed by atoms with E-state index in [1.54, 1.807) is 0 Å². The Kier molecular flexibility index (Phi) is 6.79. The molecule has 0 aromatic heterocycles. The molecule has 130 valence electrons. The van der Waals surface area contributed by atoms with Gasteiger partial charge in [0.2, 0.25) is 10.0 Å². The van der Waals surface area contributed by atoms with Crippen molar-refractivity contribution in [1.29, 1.82) is 0 Å². The summed E-state index contributed by atoms with van der Waals surface area (Å²) in [7, 11) is -3.97. The van der Waals surface area contributed by atoms with Crippen molar-refractivity contribution in [3.63, 3.8) is 0 Å². The Hall–Kier alpha value is -0.930. The summed E-state index contributed by atoms with van der Waals surface area (Å²) in [6.07, 6.45) is 1.87. The summed E-state index contributed by atoms with van der Waals surface area (Å²) in [4.78, 5) is 9.92. The zero-order chi connectivity index (χ0) is 16.4. The van der Waals surface area contributed by atoms with Crippen LogP contribution in [0.15, 0.2) is 23.1 Å². The third kappa shape index (κ3) is 5.02. The molecule has 10 heteroatoms. The molecular formula is C13H19Cl2N3O4S. The molecule has 0 amide bonds. The van der Waals surface area contributed by atoms with Crippen molar-refractivity contribution in [1.82, 2.24) is 10.0 Å². The van der Waals surface area contributed by atoms with E-state index < -0.39 is 20.6 Å². The van der Waals surface area contributed by atoms with Gasteiger partial charge in [-0.15, -0.1) is 12.4 Å². The minimum Gasteiger partial charge on any atom is -0.316 e. The van der Waals surface area contributed by atoms with Crippen molar-refractivity contribution in [2.24, 2.45) is 5.41 Å². The lowest BCUT2D eigenvalue weighted by Crippen LogP contribution is -2.45. The Morgan fingerprint density at radius 3 is 2.74 bits per heavy atom. The maximum atomic E-state index is 12.4. The third-order valence-corrected chi connectivity index (χ3v) is 5.47. The maximum Gasteiger partial charge on any atom is 0.290 e. The van der Waals surface area contributed by atoms with Crippen LogP contribution in [0.4, 0.5) is 5.69 Å². The molecule has 0 radical (unpaired) electrons. The van der Waals surface area contributed by atoms with Crippen molar-refractivity contribution in [2.45, 2.75) is 24.7 Å². The smallest absolute Gasteiger partial charge is 0.290 e. The molecule has 7 nitrogen and oxygen atoms in total. The van der Waals surface area contributed by atoms with Crippen LogP contribution in [0.5, 0.6) is 0 Å². The number of nitro groups is 1. The normalized spacial score (nSPS) is 21.5. The number of hydrogen-bond acceptors (Lipinski definition) is 5. The first-order valence-corrected chi connectivity index (χ1v) is 8.74. The van der Waals surface area contributed by atoms with Crippen molar-refractivity contribution in [2.75, 3.05) is 19.6 Å². The van der Waals surface area contributed by atoms with E-state index in [9.17, 15) is 18.5 Å². The fourth-order valence-corrected chi connectivity index (χ4v) is 3.99. The topological polar surface area (TPSA) is 101 Å². The summed E-state index contributed by atoms with van der Waals surface area (Å²) < 4.78 is 27.2. The molecule has 1 heterocycles. The van der Waals surface area contributed by atoms with Gasteiger partial charge in [-0.1, -0.05) is 18.5 Å². The van der Waals surface area contributed by atoms with Gasteiger partial charge in [-0.25, -0.2) is 13.1 Å². The van der Waals surface area contributed by atoms with Gasteiger partial charge in [-0.2, -0.15) is 0 Å². The SMILES string of the molecule is CC1(CNS(=O)(=O)c2ccc(Cl)cc2[N+](=O)[O-])CCCNC1.Cl. The summed E-state index contributed by atoms with van der Waals surface area (Å²) in [5.41, 5.74) is -0.723. The minimum absolute atomic E-state index is 0. The lowest BCUT2D eigenvalue weighted by molar-refractivity contribution is -0.387. The summed E-state index contributed by atoms with van der Waals surface area (Å²) in [5.74, 6) is 0. The Morgan fingerprint density at radius 2 is 2.17 bits per heavy atom. The van der Waals surface area contributed by atoms with Crippen molar-refractivity contribution in [3.05, 3.63) is 33.3 Å². The van der Waals surface area contributed by atoms with Crippen LogP contribution in [0.3, 0.4) is 0 Å². The lowest BCUT2D eigenvalue weighted by Gasteiger charge is -2.34. The molecule has 1 aromatic carbocycles. The molecule has 0 bridgehead atoms. The minimum atomic E-state index is -3.97. The summed E-state index contributed by atoms with van der Waals surface area (Å²) in [6, 6.07) is 3.53. The van der Waals surface area contributed by atoms with Gasteiger partial charge in [0.25, 0.3) is 5.69 Å². The van der Waals surface area contributed by atoms with Gasteiger partial charge in [0, 0.05) is 24.2 Å². The summed E-state index contributed by atoms with van der Waals surface area (Å²) in [6.45, 7) is 3.84. The molecule has 1 aliphatic heterocycles. The highest BCUT2D eigenvalue weighted by Crippen LogP contribution is 2.29. The van der Waals surface area contributed by atoms with Gasteiger partial charge in [0.15, 0.2) is 4.90 Å².